The van der Waals surface area contributed by atoms with Crippen LogP contribution >= 0.6 is 11.3 Å². The quantitative estimate of drug-likeness (QED) is 0.772. The monoisotopic (exact) mass is 374 g/mol. The van der Waals surface area contributed by atoms with Crippen LogP contribution < -0.4 is 10.1 Å². The fourth-order valence-electron chi connectivity index (χ4n) is 2.97. The van der Waals surface area contributed by atoms with E-state index in [2.05, 4.69) is 27.7 Å². The molecule has 3 rings (SSSR count). The lowest BCUT2D eigenvalue weighted by molar-refractivity contribution is -0.121. The molecular weight excluding hydrogens is 348 g/mol. The molecule has 1 fully saturated rings. The van der Waals surface area contributed by atoms with Crippen LogP contribution in [0.25, 0.3) is 0 Å². The maximum absolute atomic E-state index is 12.2. The third-order valence-corrected chi connectivity index (χ3v) is 5.44. The predicted molar refractivity (Wildman–Crippen MR) is 104 cm³/mol. The third-order valence-electron chi connectivity index (χ3n) is 4.47. The molecule has 0 spiro atoms. The molecule has 0 bridgehead atoms. The van der Waals surface area contributed by atoms with Crippen molar-refractivity contribution in [1.29, 1.82) is 0 Å². The molecule has 2 aromatic rings. The first-order valence-electron chi connectivity index (χ1n) is 9.04. The SMILES string of the molecule is Cc1ccc(OCCC(=O)NCC(c2cccs2)N2CCOCC2)cc1. The van der Waals surface area contributed by atoms with Crippen molar-refractivity contribution in [2.24, 2.45) is 0 Å². The third kappa shape index (κ3) is 5.56. The van der Waals surface area contributed by atoms with Crippen molar-refractivity contribution in [2.75, 3.05) is 39.5 Å². The van der Waals surface area contributed by atoms with Gasteiger partial charge in [0, 0.05) is 24.5 Å². The highest BCUT2D eigenvalue weighted by molar-refractivity contribution is 7.10. The number of benzene rings is 1. The van der Waals surface area contributed by atoms with Crippen molar-refractivity contribution in [1.82, 2.24) is 10.2 Å². The number of morpholine rings is 1. The van der Waals surface area contributed by atoms with Gasteiger partial charge in [-0.3, -0.25) is 9.69 Å². The van der Waals surface area contributed by atoms with E-state index in [1.807, 2.05) is 31.2 Å². The molecule has 5 nitrogen and oxygen atoms in total. The molecule has 140 valence electrons. The van der Waals surface area contributed by atoms with E-state index in [1.54, 1.807) is 11.3 Å². The van der Waals surface area contributed by atoms with Crippen molar-refractivity contribution in [2.45, 2.75) is 19.4 Å². The summed E-state index contributed by atoms with van der Waals surface area (Å²) in [7, 11) is 0. The van der Waals surface area contributed by atoms with Gasteiger partial charge in [-0.25, -0.2) is 0 Å². The van der Waals surface area contributed by atoms with E-state index < -0.39 is 0 Å². The van der Waals surface area contributed by atoms with Crippen LogP contribution in [0.15, 0.2) is 41.8 Å². The lowest BCUT2D eigenvalue weighted by Crippen LogP contribution is -2.43. The van der Waals surface area contributed by atoms with Crippen LogP contribution in [0.5, 0.6) is 5.75 Å². The molecule has 1 unspecified atom stereocenters. The van der Waals surface area contributed by atoms with Crippen molar-refractivity contribution in [3.05, 3.63) is 52.2 Å². The Hall–Kier alpha value is -1.89. The summed E-state index contributed by atoms with van der Waals surface area (Å²) in [5.41, 5.74) is 1.19. The Morgan fingerprint density at radius 2 is 2.04 bits per heavy atom. The minimum absolute atomic E-state index is 0.0203. The summed E-state index contributed by atoms with van der Waals surface area (Å²) in [6.07, 6.45) is 0.355. The number of carbonyl (C=O) groups is 1. The summed E-state index contributed by atoms with van der Waals surface area (Å²) in [6.45, 7) is 6.33. The van der Waals surface area contributed by atoms with Gasteiger partial charge in [0.1, 0.15) is 5.75 Å². The van der Waals surface area contributed by atoms with E-state index >= 15 is 0 Å². The van der Waals surface area contributed by atoms with Gasteiger partial charge in [-0.2, -0.15) is 0 Å². The number of thiophene rings is 1. The largest absolute Gasteiger partial charge is 0.493 e. The van der Waals surface area contributed by atoms with Gasteiger partial charge in [-0.05, 0) is 30.5 Å². The Bertz CT molecular complexity index is 667. The molecule has 1 amide bonds. The average molecular weight is 375 g/mol. The average Bonchev–Trinajstić information content (AvgIpc) is 3.19. The lowest BCUT2D eigenvalue weighted by atomic mass is 10.2. The Morgan fingerprint density at radius 1 is 1.27 bits per heavy atom. The van der Waals surface area contributed by atoms with E-state index in [0.717, 1.165) is 32.1 Å². The van der Waals surface area contributed by atoms with Crippen molar-refractivity contribution >= 4 is 17.2 Å². The second kappa shape index (κ2) is 9.71. The van der Waals surface area contributed by atoms with Gasteiger partial charge in [-0.15, -0.1) is 11.3 Å². The molecular formula is C20H26N2O3S. The number of nitrogens with zero attached hydrogens (tertiary/aromatic N) is 1. The number of hydrogen-bond acceptors (Lipinski definition) is 5. The molecule has 0 saturated carbocycles. The first-order chi connectivity index (χ1) is 12.7. The second-order valence-corrected chi connectivity index (χ2v) is 7.37. The fourth-order valence-corrected chi connectivity index (χ4v) is 3.84. The van der Waals surface area contributed by atoms with Gasteiger partial charge < -0.3 is 14.8 Å². The smallest absolute Gasteiger partial charge is 0.223 e. The summed E-state index contributed by atoms with van der Waals surface area (Å²) in [5.74, 6) is 0.820. The van der Waals surface area contributed by atoms with Gasteiger partial charge in [0.25, 0.3) is 0 Å². The van der Waals surface area contributed by atoms with Crippen LogP contribution in [-0.2, 0) is 9.53 Å². The number of carbonyl (C=O) groups excluding carboxylic acids is 1. The summed E-state index contributed by atoms with van der Waals surface area (Å²) >= 11 is 1.73. The van der Waals surface area contributed by atoms with Gasteiger partial charge in [0.2, 0.25) is 5.91 Å². The predicted octanol–water partition coefficient (Wildman–Crippen LogP) is 3.02. The Kier molecular flexibility index (Phi) is 7.05. The highest BCUT2D eigenvalue weighted by atomic mass is 32.1. The van der Waals surface area contributed by atoms with E-state index in [9.17, 15) is 4.79 Å². The van der Waals surface area contributed by atoms with Crippen LogP contribution in [0.3, 0.4) is 0 Å². The topological polar surface area (TPSA) is 50.8 Å². The molecule has 2 heterocycles. The van der Waals surface area contributed by atoms with Crippen LogP contribution in [0, 0.1) is 6.92 Å². The first-order valence-corrected chi connectivity index (χ1v) is 9.92. The number of aryl methyl sites for hydroxylation is 1. The number of nitrogens with one attached hydrogen (secondary N) is 1. The van der Waals surface area contributed by atoms with Gasteiger partial charge >= 0.3 is 0 Å². The van der Waals surface area contributed by atoms with E-state index in [1.165, 1.54) is 10.4 Å². The highest BCUT2D eigenvalue weighted by Crippen LogP contribution is 2.25. The zero-order valence-electron chi connectivity index (χ0n) is 15.1. The number of amides is 1. The molecule has 26 heavy (non-hydrogen) atoms. The molecule has 1 aliphatic rings. The van der Waals surface area contributed by atoms with Crippen LogP contribution in [0.1, 0.15) is 22.9 Å². The molecule has 0 aliphatic carbocycles. The van der Waals surface area contributed by atoms with Crippen molar-refractivity contribution in [3.63, 3.8) is 0 Å². The maximum atomic E-state index is 12.2. The summed E-state index contributed by atoms with van der Waals surface area (Å²) in [6, 6.07) is 12.3. The highest BCUT2D eigenvalue weighted by Gasteiger charge is 2.23. The zero-order chi connectivity index (χ0) is 18.2. The molecule has 6 heteroatoms. The van der Waals surface area contributed by atoms with E-state index in [-0.39, 0.29) is 11.9 Å². The van der Waals surface area contributed by atoms with Gasteiger partial charge in [-0.1, -0.05) is 23.8 Å². The summed E-state index contributed by atoms with van der Waals surface area (Å²) < 4.78 is 11.1. The maximum Gasteiger partial charge on any atom is 0.223 e. The molecule has 1 saturated heterocycles. The van der Waals surface area contributed by atoms with Crippen LogP contribution in [-0.4, -0.2) is 50.3 Å². The van der Waals surface area contributed by atoms with Crippen LogP contribution in [0.4, 0.5) is 0 Å². The number of hydrogen-bond donors (Lipinski definition) is 1. The zero-order valence-corrected chi connectivity index (χ0v) is 16.0. The molecule has 0 radical (unpaired) electrons. The minimum Gasteiger partial charge on any atom is -0.493 e. The lowest BCUT2D eigenvalue weighted by Gasteiger charge is -2.34. The van der Waals surface area contributed by atoms with Gasteiger partial charge in [0.05, 0.1) is 32.3 Å². The molecule has 1 aromatic heterocycles. The molecule has 1 aliphatic heterocycles. The second-order valence-electron chi connectivity index (χ2n) is 6.40. The Balaban J connectivity index is 1.45. The standard InChI is InChI=1S/C20H26N2O3S/c1-16-4-6-17(7-5-16)25-11-8-20(23)21-15-18(19-3-2-14-26-19)22-9-12-24-13-10-22/h2-7,14,18H,8-13,15H2,1H3,(H,21,23). The number of ether oxygens (including phenoxy) is 2. The van der Waals surface area contributed by atoms with Gasteiger partial charge in [0.15, 0.2) is 0 Å². The minimum atomic E-state index is 0.0203. The van der Waals surface area contributed by atoms with Crippen LogP contribution in [0.2, 0.25) is 0 Å². The molecule has 1 aromatic carbocycles. The fraction of sp³-hybridized carbons (Fsp3) is 0.450. The molecule has 1 atom stereocenters. The van der Waals surface area contributed by atoms with Crippen molar-refractivity contribution in [3.8, 4) is 5.75 Å². The normalized spacial score (nSPS) is 16.2. The Morgan fingerprint density at radius 3 is 2.73 bits per heavy atom. The van der Waals surface area contributed by atoms with E-state index in [0.29, 0.717) is 19.6 Å². The van der Waals surface area contributed by atoms with Crippen molar-refractivity contribution < 1.29 is 14.3 Å². The summed E-state index contributed by atoms with van der Waals surface area (Å²) in [5, 5.41) is 5.15. The first kappa shape index (κ1) is 18.9. The Labute approximate surface area is 158 Å². The number of rotatable bonds is 8. The van der Waals surface area contributed by atoms with E-state index in [4.69, 9.17) is 9.47 Å². The summed E-state index contributed by atoms with van der Waals surface area (Å²) in [4.78, 5) is 15.9. The molecule has 1 N–H and O–H groups in total.